The molecule has 19 heavy (non-hydrogen) atoms. The zero-order chi connectivity index (χ0) is 13.4. The molecule has 0 unspecified atom stereocenters. The minimum absolute atomic E-state index is 0.00851. The van der Waals surface area contributed by atoms with Crippen LogP contribution in [0.1, 0.15) is 18.8 Å². The van der Waals surface area contributed by atoms with E-state index in [0.717, 1.165) is 22.7 Å². The van der Waals surface area contributed by atoms with Crippen LogP contribution in [0.15, 0.2) is 18.9 Å². The average molecular weight is 258 g/mol. The third kappa shape index (κ3) is 1.90. The van der Waals surface area contributed by atoms with Gasteiger partial charge in [-0.15, -0.1) is 10.2 Å². The Labute approximate surface area is 109 Å². The summed E-state index contributed by atoms with van der Waals surface area (Å²) in [5, 5.41) is 16.3. The van der Waals surface area contributed by atoms with Crippen molar-refractivity contribution in [2.45, 2.75) is 13.0 Å². The van der Waals surface area contributed by atoms with E-state index >= 15 is 0 Å². The van der Waals surface area contributed by atoms with Crippen molar-refractivity contribution in [1.82, 2.24) is 34.5 Å². The van der Waals surface area contributed by atoms with Crippen molar-refractivity contribution in [3.63, 3.8) is 0 Å². The maximum atomic E-state index is 4.27. The molecule has 98 valence electrons. The van der Waals surface area contributed by atoms with E-state index in [1.165, 1.54) is 6.33 Å². The summed E-state index contributed by atoms with van der Waals surface area (Å²) in [6.07, 6.45) is 4.95. The number of hydrogen-bond donors (Lipinski definition) is 1. The molecule has 0 aliphatic rings. The fourth-order valence-electron chi connectivity index (χ4n) is 2.03. The van der Waals surface area contributed by atoms with E-state index in [-0.39, 0.29) is 6.04 Å². The van der Waals surface area contributed by atoms with Crippen LogP contribution in [0.25, 0.3) is 11.0 Å². The molecule has 8 nitrogen and oxygen atoms in total. The van der Waals surface area contributed by atoms with Gasteiger partial charge in [-0.3, -0.25) is 4.68 Å². The molecule has 0 saturated heterocycles. The first-order valence-electron chi connectivity index (χ1n) is 5.90. The number of hydrogen-bond acceptors (Lipinski definition) is 6. The molecule has 3 aromatic rings. The number of nitrogens with one attached hydrogen (secondary N) is 1. The number of nitrogens with zero attached hydrogens (tertiary/aromatic N) is 7. The molecular formula is C11H14N8. The van der Waals surface area contributed by atoms with E-state index in [2.05, 4.69) is 30.6 Å². The summed E-state index contributed by atoms with van der Waals surface area (Å²) in [5.74, 6) is 1.59. The predicted octanol–water partition coefficient (Wildman–Crippen LogP) is 0.665. The normalized spacial score (nSPS) is 12.8. The maximum absolute atomic E-state index is 4.27. The van der Waals surface area contributed by atoms with Gasteiger partial charge in [0.05, 0.1) is 17.6 Å². The van der Waals surface area contributed by atoms with Gasteiger partial charge in [0.25, 0.3) is 0 Å². The number of rotatable bonds is 3. The van der Waals surface area contributed by atoms with Crippen molar-refractivity contribution >= 4 is 16.9 Å². The zero-order valence-electron chi connectivity index (χ0n) is 10.9. The summed E-state index contributed by atoms with van der Waals surface area (Å²) in [7, 11) is 3.76. The van der Waals surface area contributed by atoms with Gasteiger partial charge in [0.2, 0.25) is 0 Å². The number of anilines is 1. The molecular weight excluding hydrogens is 244 g/mol. The molecule has 0 aliphatic carbocycles. The fourth-order valence-corrected chi connectivity index (χ4v) is 2.03. The molecule has 1 N–H and O–H groups in total. The Morgan fingerprint density at radius 3 is 2.84 bits per heavy atom. The summed E-state index contributed by atoms with van der Waals surface area (Å²) in [6, 6.07) is -0.00851. The van der Waals surface area contributed by atoms with Crippen LogP contribution in [0.5, 0.6) is 0 Å². The summed E-state index contributed by atoms with van der Waals surface area (Å²) in [4.78, 5) is 8.47. The Hall–Kier alpha value is -2.51. The van der Waals surface area contributed by atoms with E-state index in [0.29, 0.717) is 0 Å². The highest BCUT2D eigenvalue weighted by atomic mass is 15.3. The smallest absolute Gasteiger partial charge is 0.163 e. The predicted molar refractivity (Wildman–Crippen MR) is 69.3 cm³/mol. The fraction of sp³-hybridized carbons (Fsp3) is 0.364. The largest absolute Gasteiger partial charge is 0.360 e. The highest BCUT2D eigenvalue weighted by Crippen LogP contribution is 2.22. The molecule has 8 heteroatoms. The van der Waals surface area contributed by atoms with Gasteiger partial charge >= 0.3 is 0 Å². The Balaban J connectivity index is 1.95. The van der Waals surface area contributed by atoms with Crippen molar-refractivity contribution in [1.29, 1.82) is 0 Å². The Kier molecular flexibility index (Phi) is 2.62. The standard InChI is InChI=1S/C11H14N8/c1-7(10-17-14-6-18(10)2)16-9-8-4-15-19(3)11(8)13-5-12-9/h4-7H,1-3H3,(H,12,13,16)/t7-/m0/s1. The van der Waals surface area contributed by atoms with Gasteiger partial charge in [-0.1, -0.05) is 0 Å². The molecule has 0 aromatic carbocycles. The molecule has 0 amide bonds. The monoisotopic (exact) mass is 258 g/mol. The lowest BCUT2D eigenvalue weighted by Crippen LogP contribution is -2.13. The number of fused-ring (bicyclic) bond motifs is 1. The third-order valence-corrected chi connectivity index (χ3v) is 3.02. The third-order valence-electron chi connectivity index (χ3n) is 3.02. The van der Waals surface area contributed by atoms with Crippen LogP contribution in [0, 0.1) is 0 Å². The molecule has 0 fully saturated rings. The lowest BCUT2D eigenvalue weighted by atomic mass is 10.3. The first-order chi connectivity index (χ1) is 9.16. The quantitative estimate of drug-likeness (QED) is 0.743. The van der Waals surface area contributed by atoms with Crippen LogP contribution in [-0.4, -0.2) is 34.5 Å². The van der Waals surface area contributed by atoms with Gasteiger partial charge in [-0.2, -0.15) is 5.10 Å². The van der Waals surface area contributed by atoms with Crippen LogP contribution in [0.3, 0.4) is 0 Å². The second kappa shape index (κ2) is 4.30. The Bertz CT molecular complexity index is 712. The lowest BCUT2D eigenvalue weighted by Gasteiger charge is -2.13. The second-order valence-electron chi connectivity index (χ2n) is 4.39. The van der Waals surface area contributed by atoms with Crippen molar-refractivity contribution in [3.05, 3.63) is 24.7 Å². The van der Waals surface area contributed by atoms with Crippen molar-refractivity contribution in [3.8, 4) is 0 Å². The first kappa shape index (κ1) is 11.6. The SMILES string of the molecule is C[C@H](Nc1ncnc2c1cnn2C)c1nncn1C. The molecule has 1 atom stereocenters. The van der Waals surface area contributed by atoms with E-state index in [4.69, 9.17) is 0 Å². The van der Waals surface area contributed by atoms with E-state index in [9.17, 15) is 0 Å². The van der Waals surface area contributed by atoms with Gasteiger partial charge in [0.15, 0.2) is 11.5 Å². The van der Waals surface area contributed by atoms with E-state index in [1.54, 1.807) is 17.2 Å². The summed E-state index contributed by atoms with van der Waals surface area (Å²) in [5.41, 5.74) is 0.794. The summed E-state index contributed by atoms with van der Waals surface area (Å²) >= 11 is 0. The maximum Gasteiger partial charge on any atom is 0.163 e. The van der Waals surface area contributed by atoms with Gasteiger partial charge in [0.1, 0.15) is 18.5 Å². The number of aromatic nitrogens is 7. The molecule has 0 radical (unpaired) electrons. The van der Waals surface area contributed by atoms with Crippen LogP contribution < -0.4 is 5.32 Å². The molecule has 3 heterocycles. The first-order valence-corrected chi connectivity index (χ1v) is 5.90. The van der Waals surface area contributed by atoms with Crippen molar-refractivity contribution in [2.24, 2.45) is 14.1 Å². The van der Waals surface area contributed by atoms with Crippen molar-refractivity contribution < 1.29 is 0 Å². The van der Waals surface area contributed by atoms with Crippen LogP contribution in [0.2, 0.25) is 0 Å². The van der Waals surface area contributed by atoms with Gasteiger partial charge < -0.3 is 9.88 Å². The summed E-state index contributed by atoms with van der Waals surface area (Å²) < 4.78 is 3.59. The average Bonchev–Trinajstić information content (AvgIpc) is 2.97. The highest BCUT2D eigenvalue weighted by Gasteiger charge is 2.14. The number of aryl methyl sites for hydroxylation is 2. The Morgan fingerprint density at radius 1 is 1.26 bits per heavy atom. The second-order valence-corrected chi connectivity index (χ2v) is 4.39. The van der Waals surface area contributed by atoms with Crippen molar-refractivity contribution in [2.75, 3.05) is 5.32 Å². The van der Waals surface area contributed by atoms with Crippen LogP contribution >= 0.6 is 0 Å². The zero-order valence-corrected chi connectivity index (χ0v) is 10.9. The molecule has 0 bridgehead atoms. The van der Waals surface area contributed by atoms with E-state index in [1.807, 2.05) is 25.6 Å². The molecule has 0 aliphatic heterocycles. The minimum atomic E-state index is -0.00851. The minimum Gasteiger partial charge on any atom is -0.360 e. The van der Waals surface area contributed by atoms with Crippen LogP contribution in [0.4, 0.5) is 5.82 Å². The molecule has 3 rings (SSSR count). The van der Waals surface area contributed by atoms with E-state index < -0.39 is 0 Å². The molecule has 0 spiro atoms. The summed E-state index contributed by atoms with van der Waals surface area (Å²) in [6.45, 7) is 2.01. The van der Waals surface area contributed by atoms with Gasteiger partial charge in [-0.25, -0.2) is 9.97 Å². The Morgan fingerprint density at radius 2 is 2.11 bits per heavy atom. The lowest BCUT2D eigenvalue weighted by molar-refractivity contribution is 0.717. The van der Waals surface area contributed by atoms with Crippen LogP contribution in [-0.2, 0) is 14.1 Å². The molecule has 3 aromatic heterocycles. The highest BCUT2D eigenvalue weighted by molar-refractivity contribution is 5.86. The topological polar surface area (TPSA) is 86.3 Å². The van der Waals surface area contributed by atoms with Gasteiger partial charge in [-0.05, 0) is 6.92 Å². The van der Waals surface area contributed by atoms with Gasteiger partial charge in [0, 0.05) is 14.1 Å². The molecule has 0 saturated carbocycles.